The van der Waals surface area contributed by atoms with Gasteiger partial charge in [0.2, 0.25) is 6.29 Å². The molecule has 2 nitrogen and oxygen atoms in total. The quantitative estimate of drug-likeness (QED) is 0.422. The van der Waals surface area contributed by atoms with Gasteiger partial charge in [-0.1, -0.05) is 76.6 Å². The Labute approximate surface area is 172 Å². The van der Waals surface area contributed by atoms with Crippen LogP contribution in [-0.2, 0) is 10.2 Å². The van der Waals surface area contributed by atoms with Crippen molar-refractivity contribution in [1.29, 1.82) is 0 Å². The summed E-state index contributed by atoms with van der Waals surface area (Å²) in [7, 11) is 0. The first-order valence-electron chi connectivity index (χ1n) is 10.6. The van der Waals surface area contributed by atoms with Gasteiger partial charge < -0.3 is 9.47 Å². The number of ether oxygens (including phenoxy) is 2. The van der Waals surface area contributed by atoms with Crippen molar-refractivity contribution in [2.75, 3.05) is 6.61 Å². The Morgan fingerprint density at radius 3 is 1.93 bits per heavy atom. The summed E-state index contributed by atoms with van der Waals surface area (Å²) in [4.78, 5) is 0. The maximum absolute atomic E-state index is 6.33. The van der Waals surface area contributed by atoms with Crippen LogP contribution in [0.1, 0.15) is 78.4 Å². The van der Waals surface area contributed by atoms with Gasteiger partial charge in [-0.15, -0.1) is 0 Å². The van der Waals surface area contributed by atoms with E-state index in [1.54, 1.807) is 0 Å². The lowest BCUT2D eigenvalue weighted by Gasteiger charge is -2.35. The molecule has 0 aliphatic heterocycles. The average molecular weight is 383 g/mol. The monoisotopic (exact) mass is 382 g/mol. The zero-order chi connectivity index (χ0) is 20.8. The highest BCUT2D eigenvalue weighted by molar-refractivity contribution is 5.31. The van der Waals surface area contributed by atoms with Gasteiger partial charge in [0.1, 0.15) is 5.75 Å². The summed E-state index contributed by atoms with van der Waals surface area (Å²) in [5, 5.41) is 0. The van der Waals surface area contributed by atoms with Crippen LogP contribution in [0.3, 0.4) is 0 Å². The molecule has 28 heavy (non-hydrogen) atoms. The van der Waals surface area contributed by atoms with Crippen LogP contribution in [0.25, 0.3) is 0 Å². The van der Waals surface area contributed by atoms with Crippen LogP contribution in [-0.4, -0.2) is 12.9 Å². The van der Waals surface area contributed by atoms with Crippen molar-refractivity contribution < 1.29 is 9.47 Å². The second kappa shape index (κ2) is 9.60. The molecule has 0 aliphatic carbocycles. The van der Waals surface area contributed by atoms with E-state index in [4.69, 9.17) is 9.47 Å². The minimum atomic E-state index is -0.347. The highest BCUT2D eigenvalue weighted by atomic mass is 16.7. The second-order valence-corrected chi connectivity index (χ2v) is 9.27. The molecule has 2 atom stereocenters. The molecule has 0 saturated heterocycles. The van der Waals surface area contributed by atoms with E-state index < -0.39 is 0 Å². The van der Waals surface area contributed by atoms with Crippen LogP contribution in [0, 0.1) is 5.41 Å². The summed E-state index contributed by atoms with van der Waals surface area (Å²) < 4.78 is 12.3. The summed E-state index contributed by atoms with van der Waals surface area (Å²) in [6.07, 6.45) is 2.05. The van der Waals surface area contributed by atoms with Crippen LogP contribution in [0.2, 0.25) is 0 Å². The molecule has 0 fully saturated rings. The van der Waals surface area contributed by atoms with Gasteiger partial charge in [-0.25, -0.2) is 0 Å². The fraction of sp³-hybridized carbons (Fsp3) is 0.538. The molecule has 154 valence electrons. The van der Waals surface area contributed by atoms with Crippen LogP contribution >= 0.6 is 0 Å². The van der Waals surface area contributed by atoms with Gasteiger partial charge in [0, 0.05) is 6.61 Å². The zero-order valence-corrected chi connectivity index (χ0v) is 18.8. The Hall–Kier alpha value is -1.80. The van der Waals surface area contributed by atoms with Crippen LogP contribution < -0.4 is 4.74 Å². The van der Waals surface area contributed by atoms with Gasteiger partial charge in [-0.3, -0.25) is 0 Å². The molecule has 2 rings (SSSR count). The van der Waals surface area contributed by atoms with E-state index in [1.807, 2.05) is 13.0 Å². The van der Waals surface area contributed by atoms with E-state index in [9.17, 15) is 0 Å². The molecule has 2 unspecified atom stereocenters. The number of rotatable bonds is 9. The highest BCUT2D eigenvalue weighted by Gasteiger charge is 2.34. The molecule has 0 spiro atoms. The van der Waals surface area contributed by atoms with Gasteiger partial charge in [-0.2, -0.15) is 0 Å². The molecule has 0 radical (unpaired) electrons. The van der Waals surface area contributed by atoms with Crippen LogP contribution in [0.15, 0.2) is 54.6 Å². The summed E-state index contributed by atoms with van der Waals surface area (Å²) in [5.41, 5.74) is 2.59. The Balaban J connectivity index is 2.22. The molecule has 0 N–H and O–H groups in total. The lowest BCUT2D eigenvalue weighted by molar-refractivity contribution is -0.116. The first-order valence-corrected chi connectivity index (χ1v) is 10.6. The smallest absolute Gasteiger partial charge is 0.209 e. The maximum atomic E-state index is 6.33. The van der Waals surface area contributed by atoms with E-state index in [1.165, 1.54) is 24.0 Å². The summed E-state index contributed by atoms with van der Waals surface area (Å²) >= 11 is 0. The normalized spacial score (nSPS) is 14.5. The van der Waals surface area contributed by atoms with Crippen molar-refractivity contribution in [3.8, 4) is 5.75 Å². The fourth-order valence-electron chi connectivity index (χ4n) is 3.84. The van der Waals surface area contributed by atoms with E-state index in [0.717, 1.165) is 5.75 Å². The Kier molecular flexibility index (Phi) is 7.71. The third kappa shape index (κ3) is 5.61. The van der Waals surface area contributed by atoms with Crippen molar-refractivity contribution >= 4 is 0 Å². The molecule has 0 aliphatic rings. The van der Waals surface area contributed by atoms with Crippen molar-refractivity contribution in [3.05, 3.63) is 65.7 Å². The molecule has 2 aromatic rings. The second-order valence-electron chi connectivity index (χ2n) is 9.27. The largest absolute Gasteiger partial charge is 0.464 e. The first-order chi connectivity index (χ1) is 13.2. The van der Waals surface area contributed by atoms with Gasteiger partial charge in [0.05, 0.1) is 5.41 Å². The molecule has 0 amide bonds. The van der Waals surface area contributed by atoms with Crippen LogP contribution in [0.4, 0.5) is 0 Å². The summed E-state index contributed by atoms with van der Waals surface area (Å²) in [6, 6.07) is 19.1. The topological polar surface area (TPSA) is 18.5 Å². The van der Waals surface area contributed by atoms with Gasteiger partial charge in [-0.05, 0) is 61.8 Å². The minimum absolute atomic E-state index is 0.252. The molecule has 0 heterocycles. The predicted octanol–water partition coefficient (Wildman–Crippen LogP) is 7.34. The molecular formula is C26H38O2. The standard InChI is InChI=1S/C26H38O2/c1-8-13-23(25(3,4)5)20-16-18-22(19-17-20)28-24(27-9-2)26(6,7)21-14-11-10-12-15-21/h10-12,14-19,23-24H,8-9,13H2,1-7H3. The number of hydrogen-bond acceptors (Lipinski definition) is 2. The molecule has 2 aromatic carbocycles. The first kappa shape index (κ1) is 22.5. The molecule has 0 bridgehead atoms. The van der Waals surface area contributed by atoms with Crippen molar-refractivity contribution in [2.24, 2.45) is 5.41 Å². The van der Waals surface area contributed by atoms with Gasteiger partial charge in [0.15, 0.2) is 0 Å². The summed E-state index contributed by atoms with van der Waals surface area (Å²) in [6.45, 7) is 16.2. The third-order valence-corrected chi connectivity index (χ3v) is 5.57. The molecule has 2 heteroatoms. The SMILES string of the molecule is CCCC(c1ccc(OC(OCC)C(C)(C)c2ccccc2)cc1)C(C)(C)C. The molecule has 0 aromatic heterocycles. The van der Waals surface area contributed by atoms with E-state index in [-0.39, 0.29) is 17.1 Å². The lowest BCUT2D eigenvalue weighted by Crippen LogP contribution is -2.40. The van der Waals surface area contributed by atoms with Crippen LogP contribution in [0.5, 0.6) is 5.75 Å². The lowest BCUT2D eigenvalue weighted by atomic mass is 9.74. The van der Waals surface area contributed by atoms with Gasteiger partial charge in [0.25, 0.3) is 0 Å². The Morgan fingerprint density at radius 1 is 0.821 bits per heavy atom. The molecule has 0 saturated carbocycles. The maximum Gasteiger partial charge on any atom is 0.209 e. The predicted molar refractivity (Wildman–Crippen MR) is 119 cm³/mol. The average Bonchev–Trinajstić information content (AvgIpc) is 2.66. The van der Waals surface area contributed by atoms with Crippen molar-refractivity contribution in [1.82, 2.24) is 0 Å². The highest BCUT2D eigenvalue weighted by Crippen LogP contribution is 2.39. The van der Waals surface area contributed by atoms with E-state index in [0.29, 0.717) is 12.5 Å². The van der Waals surface area contributed by atoms with Crippen molar-refractivity contribution in [2.45, 2.75) is 78.9 Å². The third-order valence-electron chi connectivity index (χ3n) is 5.57. The Bertz CT molecular complexity index is 695. The van der Waals surface area contributed by atoms with Gasteiger partial charge >= 0.3 is 0 Å². The number of benzene rings is 2. The fourth-order valence-corrected chi connectivity index (χ4v) is 3.84. The van der Waals surface area contributed by atoms with E-state index >= 15 is 0 Å². The zero-order valence-electron chi connectivity index (χ0n) is 18.8. The minimum Gasteiger partial charge on any atom is -0.464 e. The van der Waals surface area contributed by atoms with E-state index in [2.05, 4.69) is 90.1 Å². The van der Waals surface area contributed by atoms with Crippen molar-refractivity contribution in [3.63, 3.8) is 0 Å². The summed E-state index contributed by atoms with van der Waals surface area (Å²) in [5.74, 6) is 1.41. The number of hydrogen-bond donors (Lipinski definition) is 0. The Morgan fingerprint density at radius 2 is 1.43 bits per heavy atom. The molecular weight excluding hydrogens is 344 g/mol.